The number of hydrogen-bond donors (Lipinski definition) is 1. The Labute approximate surface area is 179 Å². The number of nitrogens with one attached hydrogen (secondary N) is 1. The number of benzene rings is 2. The van der Waals surface area contributed by atoms with Crippen molar-refractivity contribution in [2.75, 3.05) is 19.5 Å². The van der Waals surface area contributed by atoms with Crippen molar-refractivity contribution in [3.63, 3.8) is 0 Å². The first-order valence-corrected chi connectivity index (χ1v) is 10.4. The van der Waals surface area contributed by atoms with Gasteiger partial charge in [0.15, 0.2) is 4.96 Å². The molecule has 30 heavy (non-hydrogen) atoms. The third-order valence-corrected chi connectivity index (χ3v) is 5.85. The lowest BCUT2D eigenvalue weighted by molar-refractivity contribution is -0.115. The third kappa shape index (κ3) is 3.89. The van der Waals surface area contributed by atoms with E-state index in [-0.39, 0.29) is 12.3 Å². The molecule has 1 N–H and O–H groups in total. The summed E-state index contributed by atoms with van der Waals surface area (Å²) < 4.78 is 12.8. The van der Waals surface area contributed by atoms with Gasteiger partial charge in [-0.3, -0.25) is 9.20 Å². The van der Waals surface area contributed by atoms with Crippen LogP contribution in [0.3, 0.4) is 0 Å². The van der Waals surface area contributed by atoms with Crippen LogP contribution in [0.4, 0.5) is 5.69 Å². The highest BCUT2D eigenvalue weighted by atomic mass is 32.1. The van der Waals surface area contributed by atoms with Crippen LogP contribution >= 0.6 is 11.3 Å². The topological polar surface area (TPSA) is 64.9 Å². The van der Waals surface area contributed by atoms with Gasteiger partial charge in [-0.15, -0.1) is 11.3 Å². The van der Waals surface area contributed by atoms with Crippen LogP contribution in [-0.4, -0.2) is 29.5 Å². The zero-order valence-electron chi connectivity index (χ0n) is 17.4. The van der Waals surface area contributed by atoms with Crippen LogP contribution in [0.2, 0.25) is 0 Å². The maximum absolute atomic E-state index is 12.6. The van der Waals surface area contributed by atoms with E-state index in [4.69, 9.17) is 14.5 Å². The number of carbonyl (C=O) groups excluding carboxylic acids is 1. The van der Waals surface area contributed by atoms with Gasteiger partial charge >= 0.3 is 0 Å². The molecule has 154 valence electrons. The molecule has 0 aliphatic carbocycles. The molecule has 0 unspecified atom stereocenters. The Morgan fingerprint density at radius 2 is 1.97 bits per heavy atom. The molecule has 1 amide bonds. The van der Waals surface area contributed by atoms with E-state index in [1.807, 2.05) is 60.2 Å². The summed E-state index contributed by atoms with van der Waals surface area (Å²) in [6.07, 6.45) is 2.20. The average Bonchev–Trinajstić information content (AvgIpc) is 3.31. The summed E-state index contributed by atoms with van der Waals surface area (Å²) in [4.78, 5) is 18.2. The minimum Gasteiger partial charge on any atom is -0.497 e. The van der Waals surface area contributed by atoms with E-state index < -0.39 is 0 Å². The smallest absolute Gasteiger partial charge is 0.230 e. The molecule has 0 atom stereocenters. The molecule has 0 aliphatic rings. The van der Waals surface area contributed by atoms with Gasteiger partial charge in [-0.25, -0.2) is 4.98 Å². The number of aromatic nitrogens is 2. The standard InChI is InChI=1S/C23H23N3O3S/c1-14-5-7-19(15(2)9-14)24-22(27)10-16-13-30-23-25-20(12-26(16)23)18-11-17(28-3)6-8-21(18)29-4/h5-9,11-13H,10H2,1-4H3,(H,24,27). The van der Waals surface area contributed by atoms with Crippen LogP contribution in [0.15, 0.2) is 48.0 Å². The summed E-state index contributed by atoms with van der Waals surface area (Å²) in [5.41, 5.74) is 5.56. The second kappa shape index (κ2) is 8.20. The largest absolute Gasteiger partial charge is 0.497 e. The zero-order chi connectivity index (χ0) is 21.3. The Morgan fingerprint density at radius 1 is 1.13 bits per heavy atom. The quantitative estimate of drug-likeness (QED) is 0.482. The number of fused-ring (bicyclic) bond motifs is 1. The van der Waals surface area contributed by atoms with Crippen LogP contribution in [0.5, 0.6) is 11.5 Å². The minimum atomic E-state index is -0.0594. The fourth-order valence-corrected chi connectivity index (χ4v) is 4.29. The highest BCUT2D eigenvalue weighted by molar-refractivity contribution is 7.15. The first-order chi connectivity index (χ1) is 14.5. The SMILES string of the molecule is COc1ccc(OC)c(-c2cn3c(CC(=O)Nc4ccc(C)cc4C)csc3n2)c1. The van der Waals surface area contributed by atoms with Crippen molar-refractivity contribution in [1.29, 1.82) is 0 Å². The number of ether oxygens (including phenoxy) is 2. The molecule has 0 radical (unpaired) electrons. The molecule has 0 saturated carbocycles. The number of imidazole rings is 1. The predicted molar refractivity (Wildman–Crippen MR) is 120 cm³/mol. The summed E-state index contributed by atoms with van der Waals surface area (Å²) in [6.45, 7) is 4.03. The van der Waals surface area contributed by atoms with Crippen LogP contribution < -0.4 is 14.8 Å². The number of anilines is 1. The molecule has 0 spiro atoms. The van der Waals surface area contributed by atoms with Crippen molar-refractivity contribution in [3.05, 3.63) is 64.8 Å². The normalized spacial score (nSPS) is 10.9. The van der Waals surface area contributed by atoms with Gasteiger partial charge in [0.2, 0.25) is 5.91 Å². The summed E-state index contributed by atoms with van der Waals surface area (Å²) >= 11 is 1.51. The lowest BCUT2D eigenvalue weighted by atomic mass is 10.1. The molecule has 6 nitrogen and oxygen atoms in total. The van der Waals surface area contributed by atoms with E-state index in [0.29, 0.717) is 0 Å². The number of aryl methyl sites for hydroxylation is 2. The first-order valence-electron chi connectivity index (χ1n) is 9.53. The molecule has 0 fully saturated rings. The molecule has 7 heteroatoms. The van der Waals surface area contributed by atoms with Gasteiger partial charge in [0.25, 0.3) is 0 Å². The number of nitrogens with zero attached hydrogens (tertiary/aromatic N) is 2. The van der Waals surface area contributed by atoms with E-state index in [1.54, 1.807) is 14.2 Å². The van der Waals surface area contributed by atoms with Gasteiger partial charge in [0.05, 0.1) is 26.3 Å². The number of methoxy groups -OCH3 is 2. The molecular formula is C23H23N3O3S. The molecule has 0 saturated heterocycles. The number of carbonyl (C=O) groups is 1. The van der Waals surface area contributed by atoms with Gasteiger partial charge in [0.1, 0.15) is 11.5 Å². The second-order valence-electron chi connectivity index (χ2n) is 7.12. The minimum absolute atomic E-state index is 0.0594. The highest BCUT2D eigenvalue weighted by Crippen LogP contribution is 2.34. The number of thiazole rings is 1. The fourth-order valence-electron chi connectivity index (χ4n) is 3.41. The van der Waals surface area contributed by atoms with Gasteiger partial charge in [-0.2, -0.15) is 0 Å². The number of hydrogen-bond acceptors (Lipinski definition) is 5. The monoisotopic (exact) mass is 421 g/mol. The number of amides is 1. The molecule has 4 rings (SSSR count). The summed E-state index contributed by atoms with van der Waals surface area (Å²) in [5.74, 6) is 1.39. The van der Waals surface area contributed by atoms with E-state index in [9.17, 15) is 4.79 Å². The summed E-state index contributed by atoms with van der Waals surface area (Å²) in [5, 5.41) is 4.98. The van der Waals surface area contributed by atoms with Crippen molar-refractivity contribution in [2.45, 2.75) is 20.3 Å². The lowest BCUT2D eigenvalue weighted by Gasteiger charge is -2.09. The van der Waals surface area contributed by atoms with Crippen LogP contribution in [0.25, 0.3) is 16.2 Å². The van der Waals surface area contributed by atoms with E-state index in [2.05, 4.69) is 11.4 Å². The number of rotatable bonds is 6. The van der Waals surface area contributed by atoms with Crippen molar-refractivity contribution in [2.24, 2.45) is 0 Å². The summed E-state index contributed by atoms with van der Waals surface area (Å²) in [6, 6.07) is 11.6. The molecule has 2 heterocycles. The second-order valence-corrected chi connectivity index (χ2v) is 7.95. The third-order valence-electron chi connectivity index (χ3n) is 4.96. The van der Waals surface area contributed by atoms with E-state index in [1.165, 1.54) is 16.9 Å². The van der Waals surface area contributed by atoms with Crippen LogP contribution in [0, 0.1) is 13.8 Å². The maximum Gasteiger partial charge on any atom is 0.230 e. The predicted octanol–water partition coefficient (Wildman–Crippen LogP) is 4.88. The van der Waals surface area contributed by atoms with Crippen LogP contribution in [-0.2, 0) is 11.2 Å². The molecule has 2 aromatic carbocycles. The Hall–Kier alpha value is -3.32. The van der Waals surface area contributed by atoms with Gasteiger partial charge < -0.3 is 14.8 Å². The molecule has 4 aromatic rings. The van der Waals surface area contributed by atoms with Crippen LogP contribution in [0.1, 0.15) is 16.8 Å². The maximum atomic E-state index is 12.6. The highest BCUT2D eigenvalue weighted by Gasteiger charge is 2.16. The van der Waals surface area contributed by atoms with Gasteiger partial charge in [-0.1, -0.05) is 17.7 Å². The Kier molecular flexibility index (Phi) is 5.46. The zero-order valence-corrected chi connectivity index (χ0v) is 18.2. The van der Waals surface area contributed by atoms with E-state index in [0.717, 1.165) is 44.7 Å². The van der Waals surface area contributed by atoms with Crippen molar-refractivity contribution in [3.8, 4) is 22.8 Å². The van der Waals surface area contributed by atoms with Crippen molar-refractivity contribution in [1.82, 2.24) is 9.38 Å². The van der Waals surface area contributed by atoms with E-state index >= 15 is 0 Å². The first kappa shape index (κ1) is 20.0. The Bertz CT molecular complexity index is 1230. The molecule has 0 aliphatic heterocycles. The van der Waals surface area contributed by atoms with Gasteiger partial charge in [-0.05, 0) is 43.7 Å². The van der Waals surface area contributed by atoms with Crippen molar-refractivity contribution < 1.29 is 14.3 Å². The Morgan fingerprint density at radius 3 is 2.70 bits per heavy atom. The van der Waals surface area contributed by atoms with Gasteiger partial charge in [0, 0.05) is 28.5 Å². The average molecular weight is 422 g/mol. The van der Waals surface area contributed by atoms with Crippen molar-refractivity contribution >= 4 is 27.9 Å². The summed E-state index contributed by atoms with van der Waals surface area (Å²) in [7, 11) is 3.26. The molecule has 2 aromatic heterocycles. The fraction of sp³-hybridized carbons (Fsp3) is 0.217. The Balaban J connectivity index is 1.60. The molecule has 0 bridgehead atoms. The lowest BCUT2D eigenvalue weighted by Crippen LogP contribution is -2.16. The molecular weight excluding hydrogens is 398 g/mol.